The molecule has 0 aromatic carbocycles. The third-order valence-corrected chi connectivity index (χ3v) is 3.27. The Balaban J connectivity index is 2.47. The molecule has 1 fully saturated rings. The van der Waals surface area contributed by atoms with Crippen LogP contribution in [0.1, 0.15) is 33.6 Å². The third-order valence-electron chi connectivity index (χ3n) is 3.27. The highest BCUT2D eigenvalue weighted by molar-refractivity contribution is 5.77. The zero-order valence-electron chi connectivity index (χ0n) is 9.88. The van der Waals surface area contributed by atoms with Crippen LogP contribution in [0, 0.1) is 11.3 Å². The zero-order valence-corrected chi connectivity index (χ0v) is 9.88. The number of piperidine rings is 1. The zero-order chi connectivity index (χ0) is 10.8. The van der Waals surface area contributed by atoms with Gasteiger partial charge in [-0.25, -0.2) is 0 Å². The van der Waals surface area contributed by atoms with E-state index in [9.17, 15) is 0 Å². The largest absolute Gasteiger partial charge is 0.370 e. The molecule has 0 aliphatic carbocycles. The minimum atomic E-state index is 0.435. The molecule has 0 radical (unpaired) electrons. The molecule has 2 N–H and O–H groups in total. The van der Waals surface area contributed by atoms with Crippen LogP contribution in [0.25, 0.3) is 0 Å². The van der Waals surface area contributed by atoms with Gasteiger partial charge in [-0.15, -0.1) is 0 Å². The number of guanidine groups is 1. The molecule has 0 bridgehead atoms. The van der Waals surface area contributed by atoms with Crippen molar-refractivity contribution in [1.82, 2.24) is 4.90 Å². The Hall–Kier alpha value is -0.730. The van der Waals surface area contributed by atoms with E-state index in [1.54, 1.807) is 7.05 Å². The summed E-state index contributed by atoms with van der Waals surface area (Å²) in [7, 11) is 1.76. The summed E-state index contributed by atoms with van der Waals surface area (Å²) in [5.41, 5.74) is 6.21. The van der Waals surface area contributed by atoms with E-state index in [0.29, 0.717) is 11.4 Å². The van der Waals surface area contributed by atoms with Crippen molar-refractivity contribution in [2.45, 2.75) is 33.6 Å². The van der Waals surface area contributed by atoms with Gasteiger partial charge in [0.25, 0.3) is 0 Å². The molecule has 0 amide bonds. The highest BCUT2D eigenvalue weighted by atomic mass is 15.2. The second kappa shape index (κ2) is 4.20. The topological polar surface area (TPSA) is 41.6 Å². The summed E-state index contributed by atoms with van der Waals surface area (Å²) in [6.45, 7) is 9.09. The number of hydrogen-bond acceptors (Lipinski definition) is 1. The molecule has 1 aliphatic rings. The summed E-state index contributed by atoms with van der Waals surface area (Å²) in [6.07, 6.45) is 2.47. The van der Waals surface area contributed by atoms with E-state index < -0.39 is 0 Å². The van der Waals surface area contributed by atoms with Crippen LogP contribution in [0.2, 0.25) is 0 Å². The Kier molecular flexibility index (Phi) is 3.40. The Labute approximate surface area is 87.4 Å². The summed E-state index contributed by atoms with van der Waals surface area (Å²) in [5, 5.41) is 0. The van der Waals surface area contributed by atoms with Crippen molar-refractivity contribution in [2.24, 2.45) is 22.1 Å². The second-order valence-corrected chi connectivity index (χ2v) is 5.21. The number of nitrogens with two attached hydrogens (primary N) is 1. The summed E-state index contributed by atoms with van der Waals surface area (Å²) in [6, 6.07) is 0. The molecule has 1 heterocycles. The first-order valence-corrected chi connectivity index (χ1v) is 5.42. The molecule has 1 saturated heterocycles. The van der Waals surface area contributed by atoms with Crippen LogP contribution in [-0.2, 0) is 0 Å². The Morgan fingerprint density at radius 1 is 1.29 bits per heavy atom. The van der Waals surface area contributed by atoms with Crippen LogP contribution < -0.4 is 5.73 Å². The van der Waals surface area contributed by atoms with Crippen molar-refractivity contribution in [2.75, 3.05) is 20.1 Å². The van der Waals surface area contributed by atoms with Crippen molar-refractivity contribution in [1.29, 1.82) is 0 Å². The smallest absolute Gasteiger partial charge is 0.190 e. The molecular formula is C11H23N3. The van der Waals surface area contributed by atoms with E-state index in [2.05, 4.69) is 30.7 Å². The van der Waals surface area contributed by atoms with Gasteiger partial charge >= 0.3 is 0 Å². The molecule has 14 heavy (non-hydrogen) atoms. The Morgan fingerprint density at radius 2 is 1.79 bits per heavy atom. The van der Waals surface area contributed by atoms with E-state index in [1.165, 1.54) is 12.8 Å². The van der Waals surface area contributed by atoms with Crippen molar-refractivity contribution < 1.29 is 0 Å². The number of rotatable bonds is 0. The van der Waals surface area contributed by atoms with Crippen molar-refractivity contribution in [3.63, 3.8) is 0 Å². The van der Waals surface area contributed by atoms with Crippen molar-refractivity contribution >= 4 is 5.96 Å². The predicted molar refractivity (Wildman–Crippen MR) is 61.3 cm³/mol. The van der Waals surface area contributed by atoms with Gasteiger partial charge in [-0.2, -0.15) is 0 Å². The first-order chi connectivity index (χ1) is 6.45. The molecule has 0 aromatic heterocycles. The van der Waals surface area contributed by atoms with Gasteiger partial charge in [-0.05, 0) is 24.2 Å². The molecule has 1 aliphatic heterocycles. The van der Waals surface area contributed by atoms with E-state index in [1.807, 2.05) is 0 Å². The van der Waals surface area contributed by atoms with Gasteiger partial charge in [0.2, 0.25) is 0 Å². The van der Waals surface area contributed by atoms with Crippen molar-refractivity contribution in [3.8, 4) is 0 Å². The molecule has 0 aromatic rings. The van der Waals surface area contributed by atoms with Gasteiger partial charge in [0.1, 0.15) is 0 Å². The minimum Gasteiger partial charge on any atom is -0.370 e. The van der Waals surface area contributed by atoms with Crippen molar-refractivity contribution in [3.05, 3.63) is 0 Å². The number of likely N-dealkylation sites (tertiary alicyclic amines) is 1. The van der Waals surface area contributed by atoms with Gasteiger partial charge in [0.05, 0.1) is 0 Å². The summed E-state index contributed by atoms with van der Waals surface area (Å²) in [4.78, 5) is 6.20. The molecule has 0 unspecified atom stereocenters. The lowest BCUT2D eigenvalue weighted by Crippen LogP contribution is -2.44. The van der Waals surface area contributed by atoms with Gasteiger partial charge < -0.3 is 10.6 Å². The van der Waals surface area contributed by atoms with Crippen LogP contribution >= 0.6 is 0 Å². The normalized spacial score (nSPS) is 21.4. The maximum atomic E-state index is 5.78. The summed E-state index contributed by atoms with van der Waals surface area (Å²) < 4.78 is 0. The Bertz CT molecular complexity index is 207. The Morgan fingerprint density at radius 3 is 2.14 bits per heavy atom. The average Bonchev–Trinajstić information content (AvgIpc) is 2.15. The lowest BCUT2D eigenvalue weighted by Gasteiger charge is -2.39. The molecular weight excluding hydrogens is 174 g/mol. The number of aliphatic imine (C=N–C) groups is 1. The first kappa shape index (κ1) is 11.3. The third kappa shape index (κ3) is 2.63. The fraction of sp³-hybridized carbons (Fsp3) is 0.909. The van der Waals surface area contributed by atoms with Crippen LogP contribution in [-0.4, -0.2) is 31.0 Å². The quantitative estimate of drug-likeness (QED) is 0.474. The van der Waals surface area contributed by atoms with Crippen LogP contribution in [0.3, 0.4) is 0 Å². The molecule has 82 valence electrons. The van der Waals surface area contributed by atoms with E-state index in [-0.39, 0.29) is 0 Å². The van der Waals surface area contributed by atoms with Crippen LogP contribution in [0.15, 0.2) is 4.99 Å². The van der Waals surface area contributed by atoms with E-state index >= 15 is 0 Å². The SMILES string of the molecule is CN=C(N)N1CCC(C(C)(C)C)CC1. The highest BCUT2D eigenvalue weighted by Gasteiger charge is 2.28. The predicted octanol–water partition coefficient (Wildman–Crippen LogP) is 1.69. The van der Waals surface area contributed by atoms with Gasteiger partial charge in [0, 0.05) is 20.1 Å². The van der Waals surface area contributed by atoms with Gasteiger partial charge in [0.15, 0.2) is 5.96 Å². The summed E-state index contributed by atoms with van der Waals surface area (Å²) in [5.74, 6) is 1.51. The van der Waals surface area contributed by atoms with Gasteiger partial charge in [-0.3, -0.25) is 4.99 Å². The average molecular weight is 197 g/mol. The van der Waals surface area contributed by atoms with Gasteiger partial charge in [-0.1, -0.05) is 20.8 Å². The number of nitrogens with zero attached hydrogens (tertiary/aromatic N) is 2. The number of hydrogen-bond donors (Lipinski definition) is 1. The summed E-state index contributed by atoms with van der Waals surface area (Å²) >= 11 is 0. The van der Waals surface area contributed by atoms with E-state index in [4.69, 9.17) is 5.73 Å². The molecule has 0 atom stereocenters. The highest BCUT2D eigenvalue weighted by Crippen LogP contribution is 2.33. The standard InChI is InChI=1S/C11H23N3/c1-11(2,3)9-5-7-14(8-6-9)10(12)13-4/h9H,5-8H2,1-4H3,(H2,12,13). The fourth-order valence-electron chi connectivity index (χ4n) is 2.12. The second-order valence-electron chi connectivity index (χ2n) is 5.21. The van der Waals surface area contributed by atoms with Crippen LogP contribution in [0.4, 0.5) is 0 Å². The molecule has 1 rings (SSSR count). The maximum Gasteiger partial charge on any atom is 0.190 e. The molecule has 0 spiro atoms. The lowest BCUT2D eigenvalue weighted by atomic mass is 9.75. The monoisotopic (exact) mass is 197 g/mol. The lowest BCUT2D eigenvalue weighted by molar-refractivity contribution is 0.148. The van der Waals surface area contributed by atoms with E-state index in [0.717, 1.165) is 19.0 Å². The maximum absolute atomic E-state index is 5.78. The molecule has 0 saturated carbocycles. The molecule has 3 nitrogen and oxygen atoms in total. The first-order valence-electron chi connectivity index (χ1n) is 5.42. The minimum absolute atomic E-state index is 0.435. The fourth-order valence-corrected chi connectivity index (χ4v) is 2.12. The molecule has 3 heteroatoms. The van der Waals surface area contributed by atoms with Crippen LogP contribution in [0.5, 0.6) is 0 Å².